The normalized spacial score (nSPS) is 14.0. The number of aromatic nitrogens is 3. The molecule has 0 saturated carbocycles. The molecule has 1 aliphatic heterocycles. The molecule has 0 spiro atoms. The summed E-state index contributed by atoms with van der Waals surface area (Å²) in [4.78, 5) is 22.8. The third kappa shape index (κ3) is 3.08. The minimum Gasteiger partial charge on any atom is -0.468 e. The quantitative estimate of drug-likeness (QED) is 0.713. The van der Waals surface area contributed by atoms with Crippen molar-refractivity contribution >= 4 is 23.1 Å². The molecule has 1 aromatic carbocycles. The predicted octanol–water partition coefficient (Wildman–Crippen LogP) is 2.58. The summed E-state index contributed by atoms with van der Waals surface area (Å²) >= 11 is 0. The number of carbonyl (C=O) groups excluding carboxylic acids is 1. The van der Waals surface area contributed by atoms with Crippen LogP contribution in [0.3, 0.4) is 0 Å². The van der Waals surface area contributed by atoms with E-state index in [4.69, 9.17) is 4.74 Å². The molecule has 3 aromatic rings. The molecule has 26 heavy (non-hydrogen) atoms. The number of rotatable bonds is 5. The van der Waals surface area contributed by atoms with Crippen molar-refractivity contribution in [2.24, 2.45) is 0 Å². The van der Waals surface area contributed by atoms with Crippen LogP contribution >= 0.6 is 0 Å². The Hall–Kier alpha value is -3.09. The molecule has 0 atom stereocenters. The molecule has 1 aliphatic rings. The Morgan fingerprint density at radius 3 is 2.73 bits per heavy atom. The van der Waals surface area contributed by atoms with E-state index in [2.05, 4.69) is 44.5 Å². The van der Waals surface area contributed by atoms with Gasteiger partial charge in [0.25, 0.3) is 0 Å². The molecule has 134 valence electrons. The minimum atomic E-state index is -0.329. The number of methoxy groups -OCH3 is 1. The number of ether oxygens (including phenoxy) is 1. The first-order valence-corrected chi connectivity index (χ1v) is 8.74. The highest BCUT2D eigenvalue weighted by Crippen LogP contribution is 2.30. The van der Waals surface area contributed by atoms with Crippen LogP contribution < -0.4 is 10.2 Å². The van der Waals surface area contributed by atoms with Crippen LogP contribution in [0, 0.1) is 0 Å². The molecule has 0 bridgehead atoms. The van der Waals surface area contributed by atoms with Gasteiger partial charge in [0.1, 0.15) is 18.1 Å². The van der Waals surface area contributed by atoms with Crippen LogP contribution in [0.15, 0.2) is 42.9 Å². The molecular formula is C19H21N5O2. The number of esters is 1. The van der Waals surface area contributed by atoms with Crippen molar-refractivity contribution in [1.29, 1.82) is 0 Å². The van der Waals surface area contributed by atoms with Gasteiger partial charge in [0, 0.05) is 36.7 Å². The lowest BCUT2D eigenvalue weighted by Crippen LogP contribution is -2.17. The Bertz CT molecular complexity index is 913. The molecular weight excluding hydrogens is 330 g/mol. The van der Waals surface area contributed by atoms with Crippen LogP contribution in [0.25, 0.3) is 16.9 Å². The van der Waals surface area contributed by atoms with Gasteiger partial charge in [-0.1, -0.05) is 12.1 Å². The SMILES string of the molecule is COC(=O)CNc1c(-c2ccc(N3CCCC3)cc2)nc2cnccn12. The standard InChI is InChI=1S/C19H21N5O2/c1-26-17(25)13-21-19-18(22-16-12-20-8-11-24(16)19)14-4-6-15(7-5-14)23-9-2-3-10-23/h4-8,11-12,21H,2-3,9-10,13H2,1H3. The van der Waals surface area contributed by atoms with Crippen LogP contribution in [0.4, 0.5) is 11.5 Å². The molecule has 2 aromatic heterocycles. The number of hydrogen-bond donors (Lipinski definition) is 1. The molecule has 1 fully saturated rings. The van der Waals surface area contributed by atoms with E-state index in [1.165, 1.54) is 25.6 Å². The van der Waals surface area contributed by atoms with Gasteiger partial charge in [-0.2, -0.15) is 0 Å². The van der Waals surface area contributed by atoms with E-state index in [-0.39, 0.29) is 12.5 Å². The number of nitrogens with zero attached hydrogens (tertiary/aromatic N) is 4. The maximum atomic E-state index is 11.6. The van der Waals surface area contributed by atoms with Crippen LogP contribution in [0.5, 0.6) is 0 Å². The highest BCUT2D eigenvalue weighted by molar-refractivity contribution is 5.81. The Balaban J connectivity index is 1.69. The molecule has 7 heteroatoms. The third-order valence-electron chi connectivity index (χ3n) is 4.67. The van der Waals surface area contributed by atoms with E-state index >= 15 is 0 Å². The van der Waals surface area contributed by atoms with Crippen molar-refractivity contribution in [3.63, 3.8) is 0 Å². The van der Waals surface area contributed by atoms with Crippen molar-refractivity contribution in [3.8, 4) is 11.3 Å². The molecule has 1 N–H and O–H groups in total. The zero-order valence-electron chi connectivity index (χ0n) is 14.7. The third-order valence-corrected chi connectivity index (χ3v) is 4.67. The second kappa shape index (κ2) is 7.03. The van der Waals surface area contributed by atoms with Gasteiger partial charge in [-0.15, -0.1) is 0 Å². The van der Waals surface area contributed by atoms with Gasteiger partial charge < -0.3 is 15.0 Å². The molecule has 4 rings (SSSR count). The summed E-state index contributed by atoms with van der Waals surface area (Å²) in [5.41, 5.74) is 3.73. The van der Waals surface area contributed by atoms with Crippen molar-refractivity contribution < 1.29 is 9.53 Å². The van der Waals surface area contributed by atoms with E-state index in [1.807, 2.05) is 10.6 Å². The number of fused-ring (bicyclic) bond motifs is 1. The summed E-state index contributed by atoms with van der Waals surface area (Å²) in [6.45, 7) is 2.31. The maximum Gasteiger partial charge on any atom is 0.325 e. The summed E-state index contributed by atoms with van der Waals surface area (Å²) < 4.78 is 6.62. The van der Waals surface area contributed by atoms with Crippen molar-refractivity contribution in [2.75, 3.05) is 37.0 Å². The number of hydrogen-bond acceptors (Lipinski definition) is 6. The lowest BCUT2D eigenvalue weighted by Gasteiger charge is -2.17. The summed E-state index contributed by atoms with van der Waals surface area (Å²) in [6.07, 6.45) is 7.72. The Morgan fingerprint density at radius 2 is 2.00 bits per heavy atom. The predicted molar refractivity (Wildman–Crippen MR) is 100 cm³/mol. The van der Waals surface area contributed by atoms with Crippen molar-refractivity contribution in [1.82, 2.24) is 14.4 Å². The van der Waals surface area contributed by atoms with Gasteiger partial charge in [-0.05, 0) is 25.0 Å². The number of nitrogens with one attached hydrogen (secondary N) is 1. The van der Waals surface area contributed by atoms with E-state index in [1.54, 1.807) is 12.4 Å². The average Bonchev–Trinajstić information content (AvgIpc) is 3.34. The summed E-state index contributed by atoms with van der Waals surface area (Å²) in [7, 11) is 1.38. The zero-order valence-corrected chi connectivity index (χ0v) is 14.7. The summed E-state index contributed by atoms with van der Waals surface area (Å²) in [5, 5.41) is 3.14. The van der Waals surface area contributed by atoms with E-state index in [0.29, 0.717) is 0 Å². The highest BCUT2D eigenvalue weighted by Gasteiger charge is 2.17. The molecule has 7 nitrogen and oxygen atoms in total. The fourth-order valence-corrected chi connectivity index (χ4v) is 3.31. The Morgan fingerprint density at radius 1 is 1.23 bits per heavy atom. The van der Waals surface area contributed by atoms with Crippen LogP contribution in [-0.4, -0.2) is 47.1 Å². The summed E-state index contributed by atoms with van der Waals surface area (Å²) in [6, 6.07) is 8.42. The Labute approximate surface area is 151 Å². The number of carbonyl (C=O) groups is 1. The molecule has 1 saturated heterocycles. The van der Waals surface area contributed by atoms with Gasteiger partial charge in [0.2, 0.25) is 0 Å². The van der Waals surface area contributed by atoms with Crippen LogP contribution in [0.2, 0.25) is 0 Å². The van der Waals surface area contributed by atoms with Gasteiger partial charge >= 0.3 is 5.97 Å². The molecule has 3 heterocycles. The van der Waals surface area contributed by atoms with Gasteiger partial charge in [-0.3, -0.25) is 14.2 Å². The van der Waals surface area contributed by atoms with Gasteiger partial charge in [0.05, 0.1) is 13.3 Å². The Kier molecular flexibility index (Phi) is 4.43. The van der Waals surface area contributed by atoms with Crippen LogP contribution in [-0.2, 0) is 9.53 Å². The van der Waals surface area contributed by atoms with E-state index in [0.717, 1.165) is 35.8 Å². The minimum absolute atomic E-state index is 0.0749. The van der Waals surface area contributed by atoms with Crippen molar-refractivity contribution in [3.05, 3.63) is 42.9 Å². The molecule has 0 unspecified atom stereocenters. The molecule has 0 aliphatic carbocycles. The first-order valence-electron chi connectivity index (χ1n) is 8.74. The first-order chi connectivity index (χ1) is 12.8. The van der Waals surface area contributed by atoms with Crippen molar-refractivity contribution in [2.45, 2.75) is 12.8 Å². The number of imidazole rings is 1. The van der Waals surface area contributed by atoms with Gasteiger partial charge in [0.15, 0.2) is 5.65 Å². The van der Waals surface area contributed by atoms with Gasteiger partial charge in [-0.25, -0.2) is 4.98 Å². The fraction of sp³-hybridized carbons (Fsp3) is 0.316. The second-order valence-corrected chi connectivity index (χ2v) is 6.28. The lowest BCUT2D eigenvalue weighted by atomic mass is 10.1. The fourth-order valence-electron chi connectivity index (χ4n) is 3.31. The first kappa shape index (κ1) is 16.4. The molecule has 0 amide bonds. The van der Waals surface area contributed by atoms with E-state index in [9.17, 15) is 4.79 Å². The number of benzene rings is 1. The summed E-state index contributed by atoms with van der Waals surface area (Å²) in [5.74, 6) is 0.422. The largest absolute Gasteiger partial charge is 0.468 e. The smallest absolute Gasteiger partial charge is 0.325 e. The topological polar surface area (TPSA) is 71.8 Å². The average molecular weight is 351 g/mol. The van der Waals surface area contributed by atoms with E-state index < -0.39 is 0 Å². The highest BCUT2D eigenvalue weighted by atomic mass is 16.5. The number of anilines is 2. The second-order valence-electron chi connectivity index (χ2n) is 6.28. The van der Waals surface area contributed by atoms with Crippen LogP contribution in [0.1, 0.15) is 12.8 Å². The molecule has 0 radical (unpaired) electrons. The maximum absolute atomic E-state index is 11.6. The lowest BCUT2D eigenvalue weighted by molar-refractivity contribution is -0.138. The zero-order chi connectivity index (χ0) is 17.9. The monoisotopic (exact) mass is 351 g/mol.